The van der Waals surface area contributed by atoms with Crippen LogP contribution < -0.4 is 4.90 Å². The van der Waals surface area contributed by atoms with Crippen LogP contribution >= 0.6 is 11.6 Å². The molecule has 1 aromatic rings. The molecule has 1 unspecified atom stereocenters. The molecule has 0 spiro atoms. The van der Waals surface area contributed by atoms with Gasteiger partial charge in [0.25, 0.3) is 0 Å². The molecular formula is C14H20ClN3O2. The standard InChI is InChI=1S/C14H20ClN3O2/c1-10-9-20-7-4-18(10)13-8-12(14(15)17-16-13)11-2-5-19-6-3-11/h8,10-11H,2-7,9H2,1H3. The molecule has 2 fully saturated rings. The third kappa shape index (κ3) is 2.90. The molecule has 20 heavy (non-hydrogen) atoms. The Kier molecular flexibility index (Phi) is 4.38. The molecule has 2 aliphatic heterocycles. The molecular weight excluding hydrogens is 278 g/mol. The minimum Gasteiger partial charge on any atom is -0.381 e. The fraction of sp³-hybridized carbons (Fsp3) is 0.714. The van der Waals surface area contributed by atoms with Crippen molar-refractivity contribution in [3.8, 4) is 0 Å². The molecule has 0 amide bonds. The normalized spacial score (nSPS) is 24.9. The summed E-state index contributed by atoms with van der Waals surface area (Å²) in [7, 11) is 0. The summed E-state index contributed by atoms with van der Waals surface area (Å²) in [6.07, 6.45) is 2.01. The van der Waals surface area contributed by atoms with E-state index in [1.165, 1.54) is 0 Å². The van der Waals surface area contributed by atoms with Gasteiger partial charge in [0.15, 0.2) is 11.0 Å². The van der Waals surface area contributed by atoms with Crippen LogP contribution in [0.1, 0.15) is 31.2 Å². The Hall–Kier alpha value is -0.910. The Bertz CT molecular complexity index is 466. The van der Waals surface area contributed by atoms with Gasteiger partial charge in [0.05, 0.1) is 19.3 Å². The number of hydrogen-bond donors (Lipinski definition) is 0. The van der Waals surface area contributed by atoms with Crippen molar-refractivity contribution in [3.05, 3.63) is 16.8 Å². The Balaban J connectivity index is 1.85. The van der Waals surface area contributed by atoms with Gasteiger partial charge in [-0.05, 0) is 37.3 Å². The van der Waals surface area contributed by atoms with E-state index in [1.807, 2.05) is 0 Å². The first kappa shape index (κ1) is 14.0. The van der Waals surface area contributed by atoms with Crippen LogP contribution in [0.2, 0.25) is 5.15 Å². The third-order valence-corrected chi connectivity index (χ3v) is 4.38. The maximum Gasteiger partial charge on any atom is 0.155 e. The summed E-state index contributed by atoms with van der Waals surface area (Å²) in [5, 5.41) is 8.95. The molecule has 0 aliphatic carbocycles. The first-order valence-electron chi connectivity index (χ1n) is 7.21. The van der Waals surface area contributed by atoms with E-state index < -0.39 is 0 Å². The average molecular weight is 298 g/mol. The molecule has 0 bridgehead atoms. The van der Waals surface area contributed by atoms with Crippen molar-refractivity contribution in [3.63, 3.8) is 0 Å². The lowest BCUT2D eigenvalue weighted by molar-refractivity contribution is 0.0852. The van der Waals surface area contributed by atoms with Gasteiger partial charge in [-0.3, -0.25) is 0 Å². The Labute approximate surface area is 124 Å². The Morgan fingerprint density at radius 2 is 2.00 bits per heavy atom. The zero-order valence-electron chi connectivity index (χ0n) is 11.7. The van der Waals surface area contributed by atoms with Gasteiger partial charge in [-0.2, -0.15) is 0 Å². The highest BCUT2D eigenvalue weighted by atomic mass is 35.5. The number of rotatable bonds is 2. The van der Waals surface area contributed by atoms with E-state index in [1.54, 1.807) is 0 Å². The fourth-order valence-electron chi connectivity index (χ4n) is 2.88. The van der Waals surface area contributed by atoms with E-state index in [4.69, 9.17) is 21.1 Å². The fourth-order valence-corrected chi connectivity index (χ4v) is 3.13. The maximum atomic E-state index is 6.25. The van der Waals surface area contributed by atoms with Gasteiger partial charge in [-0.1, -0.05) is 11.6 Å². The lowest BCUT2D eigenvalue weighted by Crippen LogP contribution is -2.44. The van der Waals surface area contributed by atoms with Gasteiger partial charge >= 0.3 is 0 Å². The summed E-state index contributed by atoms with van der Waals surface area (Å²) in [5.41, 5.74) is 1.11. The van der Waals surface area contributed by atoms with Crippen molar-refractivity contribution >= 4 is 17.4 Å². The number of halogens is 1. The molecule has 3 rings (SSSR count). The molecule has 110 valence electrons. The average Bonchev–Trinajstić information content (AvgIpc) is 2.49. The maximum absolute atomic E-state index is 6.25. The summed E-state index contributed by atoms with van der Waals surface area (Å²) in [4.78, 5) is 2.25. The lowest BCUT2D eigenvalue weighted by Gasteiger charge is -2.34. The molecule has 5 nitrogen and oxygen atoms in total. The second-order valence-corrected chi connectivity index (χ2v) is 5.81. The highest BCUT2D eigenvalue weighted by molar-refractivity contribution is 6.30. The summed E-state index contributed by atoms with van der Waals surface area (Å²) < 4.78 is 10.9. The van der Waals surface area contributed by atoms with Gasteiger partial charge < -0.3 is 14.4 Å². The van der Waals surface area contributed by atoms with Crippen molar-refractivity contribution in [1.29, 1.82) is 0 Å². The summed E-state index contributed by atoms with van der Waals surface area (Å²) in [6.45, 7) is 6.06. The van der Waals surface area contributed by atoms with Crippen molar-refractivity contribution in [2.24, 2.45) is 0 Å². The molecule has 2 saturated heterocycles. The van der Waals surface area contributed by atoms with Crippen LogP contribution in [-0.4, -0.2) is 49.2 Å². The van der Waals surface area contributed by atoms with Gasteiger partial charge in [0, 0.05) is 19.8 Å². The molecule has 3 heterocycles. The third-order valence-electron chi connectivity index (χ3n) is 4.09. The van der Waals surface area contributed by atoms with E-state index in [0.29, 0.717) is 17.1 Å². The number of aromatic nitrogens is 2. The molecule has 0 aromatic carbocycles. The van der Waals surface area contributed by atoms with Crippen molar-refractivity contribution in [1.82, 2.24) is 10.2 Å². The summed E-state index contributed by atoms with van der Waals surface area (Å²) in [5.74, 6) is 1.34. The Morgan fingerprint density at radius 1 is 1.20 bits per heavy atom. The van der Waals surface area contributed by atoms with E-state index in [-0.39, 0.29) is 0 Å². The van der Waals surface area contributed by atoms with Gasteiger partial charge in [0.1, 0.15) is 0 Å². The lowest BCUT2D eigenvalue weighted by atomic mass is 9.93. The van der Waals surface area contributed by atoms with Crippen LogP contribution in [0.5, 0.6) is 0 Å². The van der Waals surface area contributed by atoms with Crippen LogP contribution in [0.15, 0.2) is 6.07 Å². The van der Waals surface area contributed by atoms with Crippen LogP contribution in [0.3, 0.4) is 0 Å². The minimum atomic E-state index is 0.321. The van der Waals surface area contributed by atoms with E-state index in [0.717, 1.165) is 57.2 Å². The molecule has 0 N–H and O–H groups in total. The van der Waals surface area contributed by atoms with Crippen molar-refractivity contribution in [2.45, 2.75) is 31.7 Å². The second kappa shape index (κ2) is 6.24. The van der Waals surface area contributed by atoms with Gasteiger partial charge in [0.2, 0.25) is 0 Å². The predicted molar refractivity (Wildman–Crippen MR) is 77.5 cm³/mol. The summed E-state index contributed by atoms with van der Waals surface area (Å²) in [6, 6.07) is 2.43. The molecule has 2 aliphatic rings. The molecule has 6 heteroatoms. The van der Waals surface area contributed by atoms with E-state index in [9.17, 15) is 0 Å². The quantitative estimate of drug-likeness (QED) is 0.838. The Morgan fingerprint density at radius 3 is 2.75 bits per heavy atom. The van der Waals surface area contributed by atoms with Gasteiger partial charge in [-0.15, -0.1) is 10.2 Å². The van der Waals surface area contributed by atoms with E-state index in [2.05, 4.69) is 28.1 Å². The first-order chi connectivity index (χ1) is 9.75. The zero-order chi connectivity index (χ0) is 13.9. The first-order valence-corrected chi connectivity index (χ1v) is 7.59. The second-order valence-electron chi connectivity index (χ2n) is 5.45. The molecule has 1 aromatic heterocycles. The van der Waals surface area contributed by atoms with Gasteiger partial charge in [-0.25, -0.2) is 0 Å². The topological polar surface area (TPSA) is 47.5 Å². The SMILES string of the molecule is CC1COCCN1c1cc(C2CCOCC2)c(Cl)nn1. The highest BCUT2D eigenvalue weighted by Crippen LogP contribution is 2.33. The van der Waals surface area contributed by atoms with Crippen LogP contribution in [-0.2, 0) is 9.47 Å². The minimum absolute atomic E-state index is 0.321. The number of morpholine rings is 1. The van der Waals surface area contributed by atoms with Crippen molar-refractivity contribution in [2.75, 3.05) is 37.9 Å². The number of hydrogen-bond acceptors (Lipinski definition) is 5. The van der Waals surface area contributed by atoms with Crippen LogP contribution in [0, 0.1) is 0 Å². The number of anilines is 1. The molecule has 0 saturated carbocycles. The number of ether oxygens (including phenoxy) is 2. The monoisotopic (exact) mass is 297 g/mol. The predicted octanol–water partition coefficient (Wildman–Crippen LogP) is 2.25. The largest absolute Gasteiger partial charge is 0.381 e. The highest BCUT2D eigenvalue weighted by Gasteiger charge is 2.24. The molecule has 1 atom stereocenters. The number of nitrogens with zero attached hydrogens (tertiary/aromatic N) is 3. The summed E-state index contributed by atoms with van der Waals surface area (Å²) >= 11 is 6.25. The zero-order valence-corrected chi connectivity index (χ0v) is 12.5. The van der Waals surface area contributed by atoms with Crippen LogP contribution in [0.4, 0.5) is 5.82 Å². The van der Waals surface area contributed by atoms with E-state index >= 15 is 0 Å². The van der Waals surface area contributed by atoms with Crippen molar-refractivity contribution < 1.29 is 9.47 Å². The molecule has 0 radical (unpaired) electrons. The smallest absolute Gasteiger partial charge is 0.155 e. The van der Waals surface area contributed by atoms with Crippen LogP contribution in [0.25, 0.3) is 0 Å².